The van der Waals surface area contributed by atoms with E-state index in [2.05, 4.69) is 10.3 Å². The van der Waals surface area contributed by atoms with Gasteiger partial charge in [-0.15, -0.1) is 11.3 Å². The molecule has 0 saturated heterocycles. The minimum absolute atomic E-state index is 0.236. The first-order chi connectivity index (χ1) is 14.3. The number of aromatic nitrogens is 2. The molecule has 158 valence electrons. The highest BCUT2D eigenvalue weighted by Gasteiger charge is 2.25. The normalized spacial score (nSPS) is 12.0. The van der Waals surface area contributed by atoms with Gasteiger partial charge in [-0.05, 0) is 51.3 Å². The quantitative estimate of drug-likeness (QED) is 0.597. The van der Waals surface area contributed by atoms with Crippen molar-refractivity contribution in [3.63, 3.8) is 0 Å². The number of hydrogen-bond acceptors (Lipinski definition) is 6. The average molecular weight is 428 g/mol. The smallest absolute Gasteiger partial charge is 0.329 e. The minimum atomic E-state index is -0.749. The van der Waals surface area contributed by atoms with Crippen LogP contribution in [0, 0.1) is 20.8 Å². The molecule has 7 nitrogen and oxygen atoms in total. The Hall–Kier alpha value is -3.00. The molecule has 2 aromatic heterocycles. The topological polar surface area (TPSA) is 90.3 Å². The van der Waals surface area contributed by atoms with E-state index in [1.165, 1.54) is 22.2 Å². The van der Waals surface area contributed by atoms with Gasteiger partial charge in [0, 0.05) is 5.69 Å². The number of rotatable bonds is 6. The van der Waals surface area contributed by atoms with Crippen LogP contribution in [0.3, 0.4) is 0 Å². The molecule has 1 atom stereocenters. The number of ether oxygens (including phenoxy) is 1. The van der Waals surface area contributed by atoms with Gasteiger partial charge in [0.05, 0.1) is 23.2 Å². The van der Waals surface area contributed by atoms with E-state index in [-0.39, 0.29) is 18.1 Å². The van der Waals surface area contributed by atoms with Crippen LogP contribution in [-0.4, -0.2) is 28.0 Å². The van der Waals surface area contributed by atoms with Gasteiger partial charge in [-0.25, -0.2) is 9.78 Å². The molecular formula is C22H25N3O4S. The highest BCUT2D eigenvalue weighted by molar-refractivity contribution is 7.20. The largest absolute Gasteiger partial charge is 0.464 e. The van der Waals surface area contributed by atoms with E-state index in [1.807, 2.05) is 39.0 Å². The maximum Gasteiger partial charge on any atom is 0.329 e. The molecule has 1 aromatic carbocycles. The summed E-state index contributed by atoms with van der Waals surface area (Å²) in [5.74, 6) is -0.755. The number of nitrogens with zero attached hydrogens (tertiary/aromatic N) is 2. The minimum Gasteiger partial charge on any atom is -0.464 e. The third-order valence-electron chi connectivity index (χ3n) is 4.99. The number of esters is 1. The van der Waals surface area contributed by atoms with E-state index in [1.54, 1.807) is 13.8 Å². The van der Waals surface area contributed by atoms with Gasteiger partial charge in [0.2, 0.25) is 0 Å². The molecule has 2 heterocycles. The molecule has 0 spiro atoms. The van der Waals surface area contributed by atoms with Crippen LogP contribution >= 0.6 is 11.3 Å². The summed E-state index contributed by atoms with van der Waals surface area (Å²) < 4.78 is 6.39. The van der Waals surface area contributed by atoms with Gasteiger partial charge in [-0.1, -0.05) is 24.6 Å². The lowest BCUT2D eigenvalue weighted by Gasteiger charge is -2.16. The predicted molar refractivity (Wildman–Crippen MR) is 118 cm³/mol. The number of aryl methyl sites for hydroxylation is 3. The fraction of sp³-hybridized carbons (Fsp3) is 0.364. The monoisotopic (exact) mass is 427 g/mol. The van der Waals surface area contributed by atoms with Crippen molar-refractivity contribution in [3.8, 4) is 0 Å². The first-order valence-electron chi connectivity index (χ1n) is 9.83. The lowest BCUT2D eigenvalue weighted by atomic mass is 10.1. The third kappa shape index (κ3) is 4.00. The molecule has 3 aromatic rings. The van der Waals surface area contributed by atoms with Gasteiger partial charge < -0.3 is 10.1 Å². The Morgan fingerprint density at radius 1 is 1.23 bits per heavy atom. The maximum absolute atomic E-state index is 13.1. The highest BCUT2D eigenvalue weighted by atomic mass is 32.1. The number of amides is 1. The van der Waals surface area contributed by atoms with Gasteiger partial charge in [0.1, 0.15) is 10.9 Å². The lowest BCUT2D eigenvalue weighted by molar-refractivity contribution is -0.147. The second-order valence-corrected chi connectivity index (χ2v) is 8.14. The Bertz CT molecular complexity index is 1180. The van der Waals surface area contributed by atoms with E-state index >= 15 is 0 Å². The SMILES string of the molecule is CCOC(=O)[C@H](CC)n1cnc2sc(C(=O)Nc3ccc(C)cc3C)c(C)c2c1=O. The summed E-state index contributed by atoms with van der Waals surface area (Å²) in [4.78, 5) is 43.5. The Morgan fingerprint density at radius 3 is 2.60 bits per heavy atom. The van der Waals surface area contributed by atoms with E-state index in [9.17, 15) is 14.4 Å². The molecule has 0 saturated carbocycles. The van der Waals surface area contributed by atoms with E-state index < -0.39 is 12.0 Å². The summed E-state index contributed by atoms with van der Waals surface area (Å²) in [6.45, 7) is 9.42. The fourth-order valence-corrected chi connectivity index (χ4v) is 4.46. The number of carbonyl (C=O) groups excluding carboxylic acids is 2. The van der Waals surface area contributed by atoms with Gasteiger partial charge >= 0.3 is 5.97 Å². The zero-order valence-corrected chi connectivity index (χ0v) is 18.6. The second-order valence-electron chi connectivity index (χ2n) is 7.14. The summed E-state index contributed by atoms with van der Waals surface area (Å²) >= 11 is 1.17. The van der Waals surface area contributed by atoms with Crippen LogP contribution in [0.4, 0.5) is 5.69 Å². The molecule has 1 amide bonds. The zero-order chi connectivity index (χ0) is 22.0. The number of fused-ring (bicyclic) bond motifs is 1. The first-order valence-corrected chi connectivity index (χ1v) is 10.7. The van der Waals surface area contributed by atoms with Crippen LogP contribution in [0.1, 0.15) is 52.7 Å². The van der Waals surface area contributed by atoms with E-state index in [0.717, 1.165) is 16.8 Å². The molecule has 0 fully saturated rings. The molecule has 8 heteroatoms. The van der Waals surface area contributed by atoms with Gasteiger partial charge in [0.25, 0.3) is 11.5 Å². The molecule has 0 aliphatic rings. The number of nitrogens with one attached hydrogen (secondary N) is 1. The van der Waals surface area contributed by atoms with Crippen molar-refractivity contribution in [1.82, 2.24) is 9.55 Å². The zero-order valence-electron chi connectivity index (χ0n) is 17.7. The molecule has 0 radical (unpaired) electrons. The lowest BCUT2D eigenvalue weighted by Crippen LogP contribution is -2.31. The standard InChI is InChI=1S/C22H25N3O4S/c1-6-16(22(28)29-7-2)25-11-23-20-17(21(25)27)14(5)18(30-20)19(26)24-15-9-8-12(3)10-13(15)4/h8-11,16H,6-7H2,1-5H3,(H,24,26)/t16-/m0/s1. The number of anilines is 1. The van der Waals surface area contributed by atoms with Gasteiger partial charge in [0.15, 0.2) is 0 Å². The molecule has 1 N–H and O–H groups in total. The summed E-state index contributed by atoms with van der Waals surface area (Å²) in [6.07, 6.45) is 1.76. The summed E-state index contributed by atoms with van der Waals surface area (Å²) in [5.41, 5.74) is 3.01. The molecular weight excluding hydrogens is 402 g/mol. The third-order valence-corrected chi connectivity index (χ3v) is 6.19. The van der Waals surface area contributed by atoms with Gasteiger partial charge in [-0.2, -0.15) is 0 Å². The molecule has 30 heavy (non-hydrogen) atoms. The van der Waals surface area contributed by atoms with Crippen molar-refractivity contribution >= 4 is 39.1 Å². The Labute approximate surface area is 178 Å². The van der Waals surface area contributed by atoms with Crippen molar-refractivity contribution in [2.24, 2.45) is 0 Å². The van der Waals surface area contributed by atoms with Crippen molar-refractivity contribution < 1.29 is 14.3 Å². The van der Waals surface area contributed by atoms with Crippen molar-refractivity contribution in [1.29, 1.82) is 0 Å². The molecule has 0 aliphatic carbocycles. The van der Waals surface area contributed by atoms with Crippen LogP contribution in [0.2, 0.25) is 0 Å². The molecule has 0 aliphatic heterocycles. The Balaban J connectivity index is 2.01. The van der Waals surface area contributed by atoms with Crippen LogP contribution < -0.4 is 10.9 Å². The van der Waals surface area contributed by atoms with Crippen LogP contribution in [0.5, 0.6) is 0 Å². The van der Waals surface area contributed by atoms with Crippen molar-refractivity contribution in [3.05, 3.63) is 56.4 Å². The second kappa shape index (κ2) is 8.79. The number of hydrogen-bond donors (Lipinski definition) is 1. The predicted octanol–water partition coefficient (Wildman–Crippen LogP) is 4.15. The average Bonchev–Trinajstić information content (AvgIpc) is 3.04. The Morgan fingerprint density at radius 2 is 1.97 bits per heavy atom. The molecule has 0 bridgehead atoms. The fourth-order valence-electron chi connectivity index (χ4n) is 3.42. The van der Waals surface area contributed by atoms with E-state index in [4.69, 9.17) is 4.74 Å². The van der Waals surface area contributed by atoms with Crippen molar-refractivity contribution in [2.75, 3.05) is 11.9 Å². The molecule has 0 unspecified atom stereocenters. The highest BCUT2D eigenvalue weighted by Crippen LogP contribution is 2.29. The first kappa shape index (κ1) is 21.7. The van der Waals surface area contributed by atoms with Crippen LogP contribution in [0.25, 0.3) is 10.2 Å². The number of benzene rings is 1. The number of carbonyl (C=O) groups is 2. The summed E-state index contributed by atoms with van der Waals surface area (Å²) in [7, 11) is 0. The summed E-state index contributed by atoms with van der Waals surface area (Å²) in [5, 5.41) is 3.28. The van der Waals surface area contributed by atoms with Gasteiger partial charge in [-0.3, -0.25) is 14.2 Å². The van der Waals surface area contributed by atoms with Crippen LogP contribution in [-0.2, 0) is 9.53 Å². The number of thiophene rings is 1. The van der Waals surface area contributed by atoms with Crippen LogP contribution in [0.15, 0.2) is 29.3 Å². The van der Waals surface area contributed by atoms with Crippen molar-refractivity contribution in [2.45, 2.75) is 47.1 Å². The Kier molecular flexibility index (Phi) is 6.36. The summed E-state index contributed by atoms with van der Waals surface area (Å²) in [6, 6.07) is 5.04. The van der Waals surface area contributed by atoms with E-state index in [0.29, 0.717) is 27.1 Å². The maximum atomic E-state index is 13.1. The molecule has 3 rings (SSSR count).